The van der Waals surface area contributed by atoms with Crippen LogP contribution in [0.1, 0.15) is 15.9 Å². The Bertz CT molecular complexity index is 688. The van der Waals surface area contributed by atoms with Crippen LogP contribution in [0.5, 0.6) is 11.5 Å². The molecule has 4 nitrogen and oxygen atoms in total. The van der Waals surface area contributed by atoms with Crippen molar-refractivity contribution in [3.05, 3.63) is 59.7 Å². The topological polar surface area (TPSA) is 38.8 Å². The van der Waals surface area contributed by atoms with Crippen LogP contribution in [0, 0.1) is 5.92 Å². The van der Waals surface area contributed by atoms with E-state index < -0.39 is 0 Å². The molecule has 0 bridgehead atoms. The lowest BCUT2D eigenvalue weighted by Gasteiger charge is -2.20. The molecule has 0 aliphatic carbocycles. The number of Topliss-reactive ketones (excluding diaryl/α,β-unsaturated/α-hetero) is 1. The number of ketones is 1. The molecule has 5 heteroatoms. The number of nitrogens with zero attached hydrogens (tertiary/aromatic N) is 1. The lowest BCUT2D eigenvalue weighted by atomic mass is 9.90. The molecule has 0 aliphatic rings. The zero-order chi connectivity index (χ0) is 17.5. The van der Waals surface area contributed by atoms with Crippen LogP contribution < -0.4 is 9.47 Å². The lowest BCUT2D eigenvalue weighted by molar-refractivity contribution is 0.0896. The fraction of sp³-hybridized carbons (Fsp3) is 0.350. The van der Waals surface area contributed by atoms with Crippen molar-refractivity contribution in [3.8, 4) is 11.5 Å². The number of hydrogen-bond acceptors (Lipinski definition) is 4. The molecule has 2 rings (SSSR count). The molecule has 1 atom stereocenters. The van der Waals surface area contributed by atoms with Crippen LogP contribution in [0.3, 0.4) is 0 Å². The Morgan fingerprint density at radius 2 is 1.60 bits per heavy atom. The molecule has 0 aromatic heterocycles. The molecule has 0 N–H and O–H groups in total. The van der Waals surface area contributed by atoms with Gasteiger partial charge < -0.3 is 14.4 Å². The van der Waals surface area contributed by atoms with Gasteiger partial charge in [-0.2, -0.15) is 0 Å². The molecule has 0 heterocycles. The largest absolute Gasteiger partial charge is 0.497 e. The quantitative estimate of drug-likeness (QED) is 0.670. The second-order valence-corrected chi connectivity index (χ2v) is 6.11. The van der Waals surface area contributed by atoms with Gasteiger partial charge in [0.25, 0.3) is 0 Å². The van der Waals surface area contributed by atoms with Crippen molar-refractivity contribution in [2.45, 2.75) is 6.42 Å². The Kier molecular flexibility index (Phi) is 8.46. The van der Waals surface area contributed by atoms with Gasteiger partial charge in [0.15, 0.2) is 5.78 Å². The van der Waals surface area contributed by atoms with Crippen LogP contribution in [0.4, 0.5) is 0 Å². The van der Waals surface area contributed by atoms with Crippen molar-refractivity contribution in [1.82, 2.24) is 4.90 Å². The van der Waals surface area contributed by atoms with Crippen LogP contribution in [-0.4, -0.2) is 45.5 Å². The van der Waals surface area contributed by atoms with E-state index in [1.165, 1.54) is 0 Å². The maximum absolute atomic E-state index is 13.0. The number of benzene rings is 2. The smallest absolute Gasteiger partial charge is 0.167 e. The molecule has 0 fully saturated rings. The Morgan fingerprint density at radius 3 is 2.20 bits per heavy atom. The molecule has 0 saturated heterocycles. The van der Waals surface area contributed by atoms with Crippen molar-refractivity contribution in [1.29, 1.82) is 0 Å². The van der Waals surface area contributed by atoms with Crippen LogP contribution in [-0.2, 0) is 6.42 Å². The van der Waals surface area contributed by atoms with E-state index >= 15 is 0 Å². The van der Waals surface area contributed by atoms with Gasteiger partial charge in [0.05, 0.1) is 14.2 Å². The summed E-state index contributed by atoms with van der Waals surface area (Å²) in [5.41, 5.74) is 1.78. The van der Waals surface area contributed by atoms with Crippen LogP contribution in [0.25, 0.3) is 0 Å². The minimum atomic E-state index is -0.126. The van der Waals surface area contributed by atoms with Gasteiger partial charge in [0, 0.05) is 18.0 Å². The number of methoxy groups -OCH3 is 2. The summed E-state index contributed by atoms with van der Waals surface area (Å²) in [6.07, 6.45) is 0.672. The Labute approximate surface area is 156 Å². The minimum Gasteiger partial charge on any atom is -0.497 e. The SMILES string of the molecule is COc1cccc(C[C@@H](CN(C)C)C(=O)c2cccc(OC)c2)c1.Cl. The molecule has 2 aromatic rings. The van der Waals surface area contributed by atoms with Gasteiger partial charge in [0.1, 0.15) is 11.5 Å². The fourth-order valence-corrected chi connectivity index (χ4v) is 2.78. The van der Waals surface area contributed by atoms with Crippen LogP contribution in [0.2, 0.25) is 0 Å². The summed E-state index contributed by atoms with van der Waals surface area (Å²) >= 11 is 0. The summed E-state index contributed by atoms with van der Waals surface area (Å²) in [4.78, 5) is 15.0. The van der Waals surface area contributed by atoms with Crippen molar-refractivity contribution < 1.29 is 14.3 Å². The van der Waals surface area contributed by atoms with Gasteiger partial charge in [0.2, 0.25) is 0 Å². The maximum atomic E-state index is 13.0. The van der Waals surface area contributed by atoms with E-state index in [2.05, 4.69) is 0 Å². The van der Waals surface area contributed by atoms with Gasteiger partial charge in [-0.05, 0) is 50.3 Å². The average molecular weight is 364 g/mol. The molecule has 0 unspecified atom stereocenters. The number of carbonyl (C=O) groups excluding carboxylic acids is 1. The number of halogens is 1. The van der Waals surface area contributed by atoms with Crippen LogP contribution >= 0.6 is 12.4 Å². The number of rotatable bonds is 8. The Balaban J connectivity index is 0.00000312. The van der Waals surface area contributed by atoms with Gasteiger partial charge in [-0.1, -0.05) is 24.3 Å². The third kappa shape index (κ3) is 6.07. The number of ether oxygens (including phenoxy) is 2. The molecule has 2 aromatic carbocycles. The number of carbonyl (C=O) groups is 1. The second-order valence-electron chi connectivity index (χ2n) is 6.11. The van der Waals surface area contributed by atoms with E-state index in [0.717, 1.165) is 11.3 Å². The normalized spacial score (nSPS) is 11.6. The summed E-state index contributed by atoms with van der Waals surface area (Å²) in [5, 5.41) is 0. The van der Waals surface area contributed by atoms with Gasteiger partial charge in [-0.15, -0.1) is 12.4 Å². The van der Waals surface area contributed by atoms with Crippen molar-refractivity contribution in [2.24, 2.45) is 5.92 Å². The molecular weight excluding hydrogens is 338 g/mol. The molecule has 0 spiro atoms. The molecular formula is C20H26ClNO3. The monoisotopic (exact) mass is 363 g/mol. The summed E-state index contributed by atoms with van der Waals surface area (Å²) in [6.45, 7) is 0.688. The second kappa shape index (κ2) is 10.1. The van der Waals surface area contributed by atoms with Gasteiger partial charge in [-0.3, -0.25) is 4.79 Å². The van der Waals surface area contributed by atoms with E-state index in [0.29, 0.717) is 24.3 Å². The molecule has 0 aliphatic heterocycles. The van der Waals surface area contributed by atoms with Crippen molar-refractivity contribution >= 4 is 18.2 Å². The molecule has 25 heavy (non-hydrogen) atoms. The summed E-state index contributed by atoms with van der Waals surface area (Å²) in [7, 11) is 7.23. The predicted octanol–water partition coefficient (Wildman–Crippen LogP) is 3.73. The van der Waals surface area contributed by atoms with E-state index in [4.69, 9.17) is 9.47 Å². The summed E-state index contributed by atoms with van der Waals surface area (Å²) in [6, 6.07) is 15.2. The third-order valence-electron chi connectivity index (χ3n) is 3.93. The number of hydrogen-bond donors (Lipinski definition) is 0. The average Bonchev–Trinajstić information content (AvgIpc) is 2.60. The first-order valence-electron chi connectivity index (χ1n) is 7.99. The highest BCUT2D eigenvalue weighted by molar-refractivity contribution is 5.98. The molecule has 136 valence electrons. The van der Waals surface area contributed by atoms with E-state index in [1.807, 2.05) is 61.5 Å². The van der Waals surface area contributed by atoms with Crippen molar-refractivity contribution in [2.75, 3.05) is 34.9 Å². The third-order valence-corrected chi connectivity index (χ3v) is 3.93. The standard InChI is InChI=1S/C20H25NO3.ClH/c1-21(2)14-17(11-15-7-5-9-18(12-15)23-3)20(22)16-8-6-10-19(13-16)24-4;/h5-10,12-13,17H,11,14H2,1-4H3;1H/t17-;/m0./s1. The maximum Gasteiger partial charge on any atom is 0.167 e. The minimum absolute atomic E-state index is 0. The molecule has 0 radical (unpaired) electrons. The molecule has 0 amide bonds. The summed E-state index contributed by atoms with van der Waals surface area (Å²) < 4.78 is 10.5. The lowest BCUT2D eigenvalue weighted by Crippen LogP contribution is -2.29. The van der Waals surface area contributed by atoms with E-state index in [1.54, 1.807) is 20.3 Å². The zero-order valence-corrected chi connectivity index (χ0v) is 16.0. The predicted molar refractivity (Wildman–Crippen MR) is 103 cm³/mol. The van der Waals surface area contributed by atoms with E-state index in [9.17, 15) is 4.79 Å². The zero-order valence-electron chi connectivity index (χ0n) is 15.2. The highest BCUT2D eigenvalue weighted by Crippen LogP contribution is 2.21. The fourth-order valence-electron chi connectivity index (χ4n) is 2.78. The van der Waals surface area contributed by atoms with Gasteiger partial charge in [-0.25, -0.2) is 0 Å². The first-order chi connectivity index (χ1) is 11.5. The first kappa shape index (κ1) is 21.0. The Morgan fingerprint density at radius 1 is 1.00 bits per heavy atom. The summed E-state index contributed by atoms with van der Waals surface area (Å²) in [5.74, 6) is 1.51. The van der Waals surface area contributed by atoms with E-state index in [-0.39, 0.29) is 24.1 Å². The highest BCUT2D eigenvalue weighted by atomic mass is 35.5. The van der Waals surface area contributed by atoms with Crippen LogP contribution in [0.15, 0.2) is 48.5 Å². The first-order valence-corrected chi connectivity index (χ1v) is 7.99. The highest BCUT2D eigenvalue weighted by Gasteiger charge is 2.22. The van der Waals surface area contributed by atoms with Gasteiger partial charge >= 0.3 is 0 Å². The Hall–Kier alpha value is -2.04. The van der Waals surface area contributed by atoms with Crippen molar-refractivity contribution in [3.63, 3.8) is 0 Å². The molecule has 0 saturated carbocycles.